The predicted octanol–water partition coefficient (Wildman–Crippen LogP) is 1.57. The van der Waals surface area contributed by atoms with Crippen LogP contribution in [-0.4, -0.2) is 34.8 Å². The lowest BCUT2D eigenvalue weighted by atomic mass is 9.99. The number of nitrogens with zero attached hydrogens (tertiary/aromatic N) is 2. The van der Waals surface area contributed by atoms with Crippen LogP contribution in [0.5, 0.6) is 0 Å². The van der Waals surface area contributed by atoms with Gasteiger partial charge in [0.2, 0.25) is 11.8 Å². The molecular weight excluding hydrogens is 298 g/mol. The Morgan fingerprint density at radius 3 is 2.72 bits per heavy atom. The van der Waals surface area contributed by atoms with E-state index in [4.69, 9.17) is 0 Å². The van der Waals surface area contributed by atoms with E-state index in [1.54, 1.807) is 11.1 Å². The first-order chi connectivity index (χ1) is 8.47. The average molecular weight is 312 g/mol. The van der Waals surface area contributed by atoms with Crippen LogP contribution in [-0.2, 0) is 9.59 Å². The highest BCUT2D eigenvalue weighted by Gasteiger charge is 2.34. The molecule has 0 bridgehead atoms. The van der Waals surface area contributed by atoms with Crippen LogP contribution in [0.15, 0.2) is 16.7 Å². The van der Waals surface area contributed by atoms with E-state index in [1.807, 2.05) is 13.0 Å². The number of aryl methyl sites for hydroxylation is 1. The number of halogens is 1. The van der Waals surface area contributed by atoms with Crippen LogP contribution >= 0.6 is 15.9 Å². The van der Waals surface area contributed by atoms with Crippen LogP contribution in [0, 0.1) is 12.8 Å². The summed E-state index contributed by atoms with van der Waals surface area (Å²) in [5.74, 6) is 0.347. The number of aromatic nitrogens is 1. The third-order valence-corrected chi connectivity index (χ3v) is 3.83. The molecule has 0 aromatic carbocycles. The largest absolute Gasteiger partial charge is 0.341 e. The van der Waals surface area contributed by atoms with Gasteiger partial charge in [-0.2, -0.15) is 0 Å². The summed E-state index contributed by atoms with van der Waals surface area (Å²) < 4.78 is 0.909. The number of nitrogens with one attached hydrogen (secondary N) is 1. The highest BCUT2D eigenvalue weighted by Crippen LogP contribution is 2.20. The molecule has 5 nitrogen and oxygen atoms in total. The van der Waals surface area contributed by atoms with Crippen molar-refractivity contribution >= 4 is 33.6 Å². The molecule has 1 fully saturated rings. The second-order valence-electron chi connectivity index (χ2n) is 4.43. The maximum atomic E-state index is 11.9. The maximum Gasteiger partial charge on any atom is 0.232 e. The Labute approximate surface area is 114 Å². The van der Waals surface area contributed by atoms with Crippen LogP contribution in [0.1, 0.15) is 12.5 Å². The van der Waals surface area contributed by atoms with Crippen LogP contribution < -0.4 is 5.32 Å². The van der Waals surface area contributed by atoms with Crippen molar-refractivity contribution in [2.24, 2.45) is 5.92 Å². The molecule has 0 unspecified atom stereocenters. The van der Waals surface area contributed by atoms with Crippen molar-refractivity contribution in [1.82, 2.24) is 9.88 Å². The molecule has 1 aliphatic heterocycles. The van der Waals surface area contributed by atoms with E-state index in [-0.39, 0.29) is 17.7 Å². The number of hydrogen-bond acceptors (Lipinski definition) is 3. The number of hydrogen-bond donors (Lipinski definition) is 1. The molecule has 0 radical (unpaired) electrons. The highest BCUT2D eigenvalue weighted by molar-refractivity contribution is 9.10. The van der Waals surface area contributed by atoms with Gasteiger partial charge in [0.25, 0.3) is 0 Å². The van der Waals surface area contributed by atoms with Crippen molar-refractivity contribution in [3.8, 4) is 0 Å². The van der Waals surface area contributed by atoms with Gasteiger partial charge in [0, 0.05) is 30.7 Å². The van der Waals surface area contributed by atoms with E-state index in [9.17, 15) is 9.59 Å². The summed E-state index contributed by atoms with van der Waals surface area (Å²) in [6.45, 7) is 4.43. The van der Waals surface area contributed by atoms with Crippen molar-refractivity contribution in [3.63, 3.8) is 0 Å². The first kappa shape index (κ1) is 13.0. The Morgan fingerprint density at radius 2 is 2.17 bits per heavy atom. The number of rotatable bonds is 2. The Bertz CT molecular complexity index is 498. The van der Waals surface area contributed by atoms with Gasteiger partial charge in [-0.15, -0.1) is 0 Å². The third kappa shape index (κ3) is 2.69. The molecule has 2 heterocycles. The number of carbonyl (C=O) groups is 2. The maximum absolute atomic E-state index is 11.9. The minimum absolute atomic E-state index is 0.0108. The van der Waals surface area contributed by atoms with Gasteiger partial charge in [0.15, 0.2) is 0 Å². The van der Waals surface area contributed by atoms with Gasteiger partial charge in [-0.1, -0.05) is 0 Å². The normalized spacial score (nSPS) is 15.2. The van der Waals surface area contributed by atoms with E-state index in [0.717, 1.165) is 10.0 Å². The van der Waals surface area contributed by atoms with Crippen molar-refractivity contribution in [2.75, 3.05) is 18.4 Å². The summed E-state index contributed by atoms with van der Waals surface area (Å²) in [4.78, 5) is 28.6. The highest BCUT2D eigenvalue weighted by atomic mass is 79.9. The fourth-order valence-corrected chi connectivity index (χ4v) is 1.95. The first-order valence-electron chi connectivity index (χ1n) is 5.66. The lowest BCUT2D eigenvalue weighted by Gasteiger charge is -2.37. The van der Waals surface area contributed by atoms with Crippen molar-refractivity contribution < 1.29 is 9.59 Å². The Kier molecular flexibility index (Phi) is 3.65. The standard InChI is InChI=1S/C12H14BrN3O2/c1-7-3-11(14-4-10(7)13)15-12(18)9-5-16(6-9)8(2)17/h3-4,9H,5-6H2,1-2H3,(H,14,15,18). The van der Waals surface area contributed by atoms with Gasteiger partial charge in [-0.3, -0.25) is 9.59 Å². The number of carbonyl (C=O) groups excluding carboxylic acids is 2. The van der Waals surface area contributed by atoms with Gasteiger partial charge in [-0.25, -0.2) is 4.98 Å². The second-order valence-corrected chi connectivity index (χ2v) is 5.28. The molecule has 2 rings (SSSR count). The smallest absolute Gasteiger partial charge is 0.232 e. The van der Waals surface area contributed by atoms with Crippen LogP contribution in [0.2, 0.25) is 0 Å². The zero-order valence-electron chi connectivity index (χ0n) is 10.2. The molecular formula is C12H14BrN3O2. The zero-order valence-corrected chi connectivity index (χ0v) is 11.8. The molecule has 0 spiro atoms. The molecule has 1 aromatic heterocycles. The topological polar surface area (TPSA) is 62.3 Å². The van der Waals surface area contributed by atoms with E-state index in [1.165, 1.54) is 6.92 Å². The van der Waals surface area contributed by atoms with E-state index in [2.05, 4.69) is 26.2 Å². The molecule has 6 heteroatoms. The molecule has 0 aliphatic carbocycles. The fourth-order valence-electron chi connectivity index (χ4n) is 1.74. The van der Waals surface area contributed by atoms with Crippen molar-refractivity contribution in [3.05, 3.63) is 22.3 Å². The molecule has 0 saturated carbocycles. The Balaban J connectivity index is 1.92. The Hall–Kier alpha value is -1.43. The summed E-state index contributed by atoms with van der Waals surface area (Å²) in [6.07, 6.45) is 1.66. The van der Waals surface area contributed by atoms with Gasteiger partial charge in [-0.05, 0) is 34.5 Å². The summed E-state index contributed by atoms with van der Waals surface area (Å²) in [5, 5.41) is 2.76. The lowest BCUT2D eigenvalue weighted by Crippen LogP contribution is -2.53. The SMILES string of the molecule is CC(=O)N1CC(C(=O)Nc2cc(C)c(Br)cn2)C1. The van der Waals surface area contributed by atoms with Crippen LogP contribution in [0.3, 0.4) is 0 Å². The zero-order chi connectivity index (χ0) is 13.3. The number of anilines is 1. The van der Waals surface area contributed by atoms with Crippen molar-refractivity contribution in [1.29, 1.82) is 0 Å². The summed E-state index contributed by atoms with van der Waals surface area (Å²) in [5.41, 5.74) is 1.01. The monoisotopic (exact) mass is 311 g/mol. The quantitative estimate of drug-likeness (QED) is 0.901. The first-order valence-corrected chi connectivity index (χ1v) is 6.45. The summed E-state index contributed by atoms with van der Waals surface area (Å²) in [6, 6.07) is 1.81. The predicted molar refractivity (Wildman–Crippen MR) is 71.0 cm³/mol. The fraction of sp³-hybridized carbons (Fsp3) is 0.417. The second kappa shape index (κ2) is 5.06. The average Bonchev–Trinajstić information content (AvgIpc) is 2.20. The molecule has 18 heavy (non-hydrogen) atoms. The van der Waals surface area contributed by atoms with Crippen LogP contribution in [0.25, 0.3) is 0 Å². The molecule has 1 aliphatic rings. The number of pyridine rings is 1. The Morgan fingerprint density at radius 1 is 1.50 bits per heavy atom. The molecule has 0 atom stereocenters. The van der Waals surface area contributed by atoms with Gasteiger partial charge >= 0.3 is 0 Å². The molecule has 1 aromatic rings. The molecule has 1 saturated heterocycles. The third-order valence-electron chi connectivity index (χ3n) is 3.00. The van der Waals surface area contributed by atoms with Gasteiger partial charge in [0.1, 0.15) is 5.82 Å². The van der Waals surface area contributed by atoms with E-state index < -0.39 is 0 Å². The lowest BCUT2D eigenvalue weighted by molar-refractivity contribution is -0.139. The number of amides is 2. The van der Waals surface area contributed by atoms with Gasteiger partial charge in [0.05, 0.1) is 5.92 Å². The van der Waals surface area contributed by atoms with E-state index in [0.29, 0.717) is 18.9 Å². The van der Waals surface area contributed by atoms with E-state index >= 15 is 0 Å². The molecule has 1 N–H and O–H groups in total. The minimum atomic E-state index is -0.125. The summed E-state index contributed by atoms with van der Waals surface area (Å²) in [7, 11) is 0. The molecule has 2 amide bonds. The van der Waals surface area contributed by atoms with Crippen LogP contribution in [0.4, 0.5) is 5.82 Å². The minimum Gasteiger partial charge on any atom is -0.341 e. The van der Waals surface area contributed by atoms with Crippen molar-refractivity contribution in [2.45, 2.75) is 13.8 Å². The summed E-state index contributed by atoms with van der Waals surface area (Å²) >= 11 is 3.35. The van der Waals surface area contributed by atoms with Gasteiger partial charge < -0.3 is 10.2 Å². The number of likely N-dealkylation sites (tertiary alicyclic amines) is 1. The molecule has 96 valence electrons.